The summed E-state index contributed by atoms with van der Waals surface area (Å²) in [5.74, 6) is 1.46. The first-order valence-corrected chi connectivity index (χ1v) is 13.4. The van der Waals surface area contributed by atoms with Crippen LogP contribution in [0.25, 0.3) is 0 Å². The van der Waals surface area contributed by atoms with E-state index >= 15 is 0 Å². The van der Waals surface area contributed by atoms with E-state index in [-0.39, 0.29) is 11.8 Å². The average Bonchev–Trinajstić information content (AvgIpc) is 2.74. The second kappa shape index (κ2) is 10.8. The molecular formula is C24H36N6O4S. The Bertz CT molecular complexity index is 1140. The fourth-order valence-corrected chi connectivity index (χ4v) is 4.72. The van der Waals surface area contributed by atoms with Gasteiger partial charge in [0.15, 0.2) is 0 Å². The third kappa shape index (κ3) is 8.36. The number of likely N-dealkylation sites (tertiary alicyclic amines) is 1. The molecule has 1 fully saturated rings. The van der Waals surface area contributed by atoms with Crippen LogP contribution in [-0.4, -0.2) is 61.7 Å². The van der Waals surface area contributed by atoms with E-state index in [0.717, 1.165) is 30.8 Å². The highest BCUT2D eigenvalue weighted by molar-refractivity contribution is 7.88. The zero-order chi connectivity index (χ0) is 25.8. The average molecular weight is 505 g/mol. The molecule has 11 heteroatoms. The number of carbonyl (C=O) groups excluding carboxylic acids is 1. The maximum atomic E-state index is 12.3. The van der Waals surface area contributed by atoms with E-state index in [9.17, 15) is 13.2 Å². The van der Waals surface area contributed by atoms with Crippen LogP contribution in [0.15, 0.2) is 30.6 Å². The van der Waals surface area contributed by atoms with Crippen LogP contribution in [0, 0.1) is 12.8 Å². The number of amides is 1. The number of anilines is 3. The van der Waals surface area contributed by atoms with E-state index in [2.05, 4.69) is 20.2 Å². The number of aryl methyl sites for hydroxylation is 1. The van der Waals surface area contributed by atoms with Crippen molar-refractivity contribution in [1.82, 2.24) is 14.9 Å². The van der Waals surface area contributed by atoms with Crippen molar-refractivity contribution in [3.63, 3.8) is 0 Å². The Kier molecular flexibility index (Phi) is 8.22. The predicted octanol–water partition coefficient (Wildman–Crippen LogP) is 3.40. The van der Waals surface area contributed by atoms with Crippen LogP contribution in [0.2, 0.25) is 0 Å². The lowest BCUT2D eigenvalue weighted by atomic mass is 9.96. The van der Waals surface area contributed by atoms with E-state index in [1.165, 1.54) is 6.33 Å². The van der Waals surface area contributed by atoms with Crippen LogP contribution in [0.1, 0.15) is 44.7 Å². The first kappa shape index (κ1) is 26.7. The van der Waals surface area contributed by atoms with E-state index in [1.54, 1.807) is 11.0 Å². The molecule has 1 saturated heterocycles. The summed E-state index contributed by atoms with van der Waals surface area (Å²) in [6.45, 7) is 9.64. The number of primary sulfonamides is 1. The van der Waals surface area contributed by atoms with Gasteiger partial charge < -0.3 is 19.9 Å². The number of nitrogens with two attached hydrogens (primary N) is 1. The van der Waals surface area contributed by atoms with E-state index < -0.39 is 15.6 Å². The summed E-state index contributed by atoms with van der Waals surface area (Å²) in [5, 5.41) is 8.47. The van der Waals surface area contributed by atoms with Crippen molar-refractivity contribution in [1.29, 1.82) is 0 Å². The van der Waals surface area contributed by atoms with Crippen LogP contribution < -0.4 is 15.4 Å². The van der Waals surface area contributed by atoms with Crippen LogP contribution in [0.4, 0.5) is 22.1 Å². The molecule has 3 N–H and O–H groups in total. The van der Waals surface area contributed by atoms with E-state index in [1.807, 2.05) is 52.9 Å². The number of hydrogen-bond acceptors (Lipinski definition) is 8. The lowest BCUT2D eigenvalue weighted by Crippen LogP contribution is -2.43. The molecular weight excluding hydrogens is 468 g/mol. The third-order valence-electron chi connectivity index (χ3n) is 5.72. The molecule has 0 radical (unpaired) electrons. The zero-order valence-corrected chi connectivity index (χ0v) is 21.9. The highest BCUT2D eigenvalue weighted by Gasteiger charge is 2.27. The van der Waals surface area contributed by atoms with Crippen molar-refractivity contribution in [3.8, 4) is 0 Å². The summed E-state index contributed by atoms with van der Waals surface area (Å²) < 4.78 is 28.8. The molecule has 2 aromatic rings. The highest BCUT2D eigenvalue weighted by atomic mass is 32.2. The van der Waals surface area contributed by atoms with Crippen molar-refractivity contribution in [2.75, 3.05) is 36.9 Å². The van der Waals surface area contributed by atoms with Gasteiger partial charge in [-0.1, -0.05) is 17.7 Å². The Balaban J connectivity index is 1.61. The van der Waals surface area contributed by atoms with Crippen LogP contribution in [-0.2, 0) is 20.5 Å². The maximum absolute atomic E-state index is 12.3. The largest absolute Gasteiger partial charge is 0.444 e. The van der Waals surface area contributed by atoms with Gasteiger partial charge in [-0.2, -0.15) is 0 Å². The molecule has 0 aliphatic carbocycles. The van der Waals surface area contributed by atoms with Crippen LogP contribution >= 0.6 is 0 Å². The van der Waals surface area contributed by atoms with Crippen LogP contribution in [0.3, 0.4) is 0 Å². The fraction of sp³-hybridized carbons (Fsp3) is 0.542. The molecule has 0 atom stereocenters. The van der Waals surface area contributed by atoms with E-state index in [4.69, 9.17) is 9.88 Å². The van der Waals surface area contributed by atoms with Gasteiger partial charge >= 0.3 is 6.09 Å². The number of nitrogens with one attached hydrogen (secondary N) is 1. The highest BCUT2D eigenvalue weighted by Crippen LogP contribution is 2.26. The summed E-state index contributed by atoms with van der Waals surface area (Å²) in [7, 11) is -1.70. The van der Waals surface area contributed by atoms with Gasteiger partial charge in [-0.3, -0.25) is 0 Å². The van der Waals surface area contributed by atoms with Crippen LogP contribution in [0.5, 0.6) is 0 Å². The molecule has 1 aromatic carbocycles. The molecule has 0 spiro atoms. The molecule has 3 rings (SSSR count). The van der Waals surface area contributed by atoms with Crippen molar-refractivity contribution >= 4 is 33.4 Å². The van der Waals surface area contributed by atoms with Gasteiger partial charge in [-0.15, -0.1) is 0 Å². The van der Waals surface area contributed by atoms with E-state index in [0.29, 0.717) is 36.1 Å². The number of carbonyl (C=O) groups is 1. The molecule has 0 bridgehead atoms. The standard InChI is InChI=1S/C24H36N6O4S/c1-17-6-7-20(19(12-17)15-35(25,32)33)28-21-13-22(27-16-26-21)29(5)14-18-8-10-30(11-9-18)23(31)34-24(2,3)4/h6-7,12-13,16,18H,8-11,14-15H2,1-5H3,(H2,25,32,33)(H,26,27,28). The topological polar surface area (TPSA) is 131 Å². The van der Waals surface area contributed by atoms with Gasteiger partial charge in [0.25, 0.3) is 0 Å². The SMILES string of the molecule is Cc1ccc(Nc2cc(N(C)CC3CCN(C(=O)OC(C)(C)C)CC3)ncn2)c(CS(N)(=O)=O)c1. The second-order valence-corrected chi connectivity index (χ2v) is 11.8. The Morgan fingerprint density at radius 1 is 1.23 bits per heavy atom. The lowest BCUT2D eigenvalue weighted by molar-refractivity contribution is 0.0186. The van der Waals surface area contributed by atoms with Gasteiger partial charge in [-0.25, -0.2) is 28.3 Å². The molecule has 1 aromatic heterocycles. The number of rotatable bonds is 7. The van der Waals surface area contributed by atoms with Gasteiger partial charge in [0.05, 0.1) is 5.75 Å². The van der Waals surface area contributed by atoms with Gasteiger partial charge in [0.1, 0.15) is 23.6 Å². The fourth-order valence-electron chi connectivity index (χ4n) is 4.05. The summed E-state index contributed by atoms with van der Waals surface area (Å²) in [6.07, 6.45) is 3.00. The molecule has 1 amide bonds. The quantitative estimate of drug-likeness (QED) is 0.587. The summed E-state index contributed by atoms with van der Waals surface area (Å²) >= 11 is 0. The Morgan fingerprint density at radius 3 is 2.54 bits per heavy atom. The minimum atomic E-state index is -3.68. The number of nitrogens with zero attached hydrogens (tertiary/aromatic N) is 4. The number of hydrogen-bond donors (Lipinski definition) is 2. The summed E-state index contributed by atoms with van der Waals surface area (Å²) in [4.78, 5) is 24.8. The molecule has 2 heterocycles. The lowest BCUT2D eigenvalue weighted by Gasteiger charge is -2.35. The minimum absolute atomic E-state index is 0.256. The third-order valence-corrected chi connectivity index (χ3v) is 6.44. The molecule has 1 aliphatic rings. The van der Waals surface area contributed by atoms with Crippen molar-refractivity contribution in [3.05, 3.63) is 41.7 Å². The molecule has 0 unspecified atom stereocenters. The zero-order valence-electron chi connectivity index (χ0n) is 21.1. The number of sulfonamides is 1. The first-order chi connectivity index (χ1) is 16.3. The van der Waals surface area contributed by atoms with Crippen molar-refractivity contribution in [2.24, 2.45) is 11.1 Å². The minimum Gasteiger partial charge on any atom is -0.444 e. The monoisotopic (exact) mass is 504 g/mol. The molecule has 192 valence electrons. The van der Waals surface area contributed by atoms with Crippen molar-refractivity contribution < 1.29 is 17.9 Å². The van der Waals surface area contributed by atoms with Gasteiger partial charge in [0, 0.05) is 38.4 Å². The summed E-state index contributed by atoms with van der Waals surface area (Å²) in [5.41, 5.74) is 1.66. The number of piperidine rings is 1. The van der Waals surface area contributed by atoms with Gasteiger partial charge in [0.2, 0.25) is 10.0 Å². The number of aromatic nitrogens is 2. The van der Waals surface area contributed by atoms with Gasteiger partial charge in [-0.05, 0) is 58.1 Å². The summed E-state index contributed by atoms with van der Waals surface area (Å²) in [6, 6.07) is 7.34. The molecule has 0 saturated carbocycles. The maximum Gasteiger partial charge on any atom is 0.410 e. The normalized spacial score (nSPS) is 15.1. The smallest absolute Gasteiger partial charge is 0.410 e. The Morgan fingerprint density at radius 2 is 1.91 bits per heavy atom. The number of benzene rings is 1. The molecule has 1 aliphatic heterocycles. The molecule has 35 heavy (non-hydrogen) atoms. The first-order valence-electron chi connectivity index (χ1n) is 11.7. The Labute approximate surface area is 207 Å². The van der Waals surface area contributed by atoms with Crippen molar-refractivity contribution in [2.45, 2.75) is 51.9 Å². The molecule has 10 nitrogen and oxygen atoms in total. The Hall–Kier alpha value is -2.92. The second-order valence-electron chi connectivity index (χ2n) is 10.1. The predicted molar refractivity (Wildman–Crippen MR) is 137 cm³/mol. The number of ether oxygens (including phenoxy) is 1.